The molecule has 0 spiro atoms. The van der Waals surface area contributed by atoms with Crippen molar-refractivity contribution < 1.29 is 9.90 Å². The zero-order chi connectivity index (χ0) is 10.6. The Morgan fingerprint density at radius 3 is 2.36 bits per heavy atom. The molecule has 0 aliphatic carbocycles. The molecule has 3 nitrogen and oxygen atoms in total. The Bertz CT molecular complexity index is 355. The molecular formula is C11H13NO2. The second kappa shape index (κ2) is 4.58. The topological polar surface area (TPSA) is 63.3 Å². The lowest BCUT2D eigenvalue weighted by Gasteiger charge is -2.06. The standard InChI is InChI=1S/C11H13NO2/c1-8(7-12)10(11(13)14)9-5-3-2-4-6-9/h2-6H,7,12H2,1H3,(H,13,14)/b10-8+. The quantitative estimate of drug-likeness (QED) is 0.712. The number of hydrogen-bond acceptors (Lipinski definition) is 2. The summed E-state index contributed by atoms with van der Waals surface area (Å²) in [6.45, 7) is 1.99. The molecular weight excluding hydrogens is 178 g/mol. The van der Waals surface area contributed by atoms with Gasteiger partial charge in [-0.15, -0.1) is 0 Å². The van der Waals surface area contributed by atoms with Gasteiger partial charge in [-0.2, -0.15) is 0 Å². The maximum absolute atomic E-state index is 11.0. The van der Waals surface area contributed by atoms with Crippen LogP contribution in [0.25, 0.3) is 5.57 Å². The largest absolute Gasteiger partial charge is 0.478 e. The van der Waals surface area contributed by atoms with E-state index in [0.717, 1.165) is 0 Å². The monoisotopic (exact) mass is 191 g/mol. The number of hydrogen-bond donors (Lipinski definition) is 2. The number of nitrogens with two attached hydrogens (primary N) is 1. The van der Waals surface area contributed by atoms with Crippen LogP contribution in [0.1, 0.15) is 12.5 Å². The Morgan fingerprint density at radius 1 is 1.36 bits per heavy atom. The molecule has 0 aliphatic heterocycles. The summed E-state index contributed by atoms with van der Waals surface area (Å²) in [5.74, 6) is -0.931. The molecule has 0 saturated carbocycles. The van der Waals surface area contributed by atoms with E-state index in [-0.39, 0.29) is 6.54 Å². The van der Waals surface area contributed by atoms with Crippen molar-refractivity contribution >= 4 is 11.5 Å². The molecule has 3 N–H and O–H groups in total. The Morgan fingerprint density at radius 2 is 1.93 bits per heavy atom. The van der Waals surface area contributed by atoms with Crippen LogP contribution in [0.2, 0.25) is 0 Å². The van der Waals surface area contributed by atoms with E-state index in [1.165, 1.54) is 0 Å². The van der Waals surface area contributed by atoms with Gasteiger partial charge in [0.25, 0.3) is 0 Å². The molecule has 0 saturated heterocycles. The van der Waals surface area contributed by atoms with Gasteiger partial charge in [0, 0.05) is 6.54 Å². The van der Waals surface area contributed by atoms with Crippen LogP contribution in [-0.4, -0.2) is 17.6 Å². The molecule has 3 heteroatoms. The molecule has 1 rings (SSSR count). The lowest BCUT2D eigenvalue weighted by Crippen LogP contribution is -2.09. The third-order valence-electron chi connectivity index (χ3n) is 2.01. The number of aliphatic carboxylic acids is 1. The molecule has 0 aliphatic rings. The fraction of sp³-hybridized carbons (Fsp3) is 0.182. The van der Waals surface area contributed by atoms with Crippen molar-refractivity contribution in [3.63, 3.8) is 0 Å². The first-order valence-electron chi connectivity index (χ1n) is 4.35. The summed E-state index contributed by atoms with van der Waals surface area (Å²) in [4.78, 5) is 11.0. The summed E-state index contributed by atoms with van der Waals surface area (Å²) < 4.78 is 0. The number of carbonyl (C=O) groups is 1. The van der Waals surface area contributed by atoms with Gasteiger partial charge in [-0.25, -0.2) is 4.79 Å². The number of rotatable bonds is 3. The van der Waals surface area contributed by atoms with Crippen LogP contribution in [0.15, 0.2) is 35.9 Å². The number of carboxylic acids is 1. The lowest BCUT2D eigenvalue weighted by atomic mass is 10.0. The molecule has 1 aromatic carbocycles. The van der Waals surface area contributed by atoms with Gasteiger partial charge in [0.15, 0.2) is 0 Å². The average Bonchev–Trinajstić information content (AvgIpc) is 2.19. The Labute approximate surface area is 82.9 Å². The van der Waals surface area contributed by atoms with Gasteiger partial charge in [-0.05, 0) is 18.1 Å². The van der Waals surface area contributed by atoms with E-state index in [4.69, 9.17) is 10.8 Å². The molecule has 1 aromatic rings. The normalized spacial score (nSPS) is 12.1. The molecule has 0 radical (unpaired) electrons. The van der Waals surface area contributed by atoms with Gasteiger partial charge >= 0.3 is 5.97 Å². The van der Waals surface area contributed by atoms with Crippen molar-refractivity contribution in [2.24, 2.45) is 5.73 Å². The van der Waals surface area contributed by atoms with Crippen molar-refractivity contribution in [2.75, 3.05) is 6.54 Å². The van der Waals surface area contributed by atoms with Gasteiger partial charge < -0.3 is 10.8 Å². The van der Waals surface area contributed by atoms with Gasteiger partial charge in [0.2, 0.25) is 0 Å². The third-order valence-corrected chi connectivity index (χ3v) is 2.01. The van der Waals surface area contributed by atoms with Crippen molar-refractivity contribution in [1.29, 1.82) is 0 Å². The first-order valence-corrected chi connectivity index (χ1v) is 4.35. The minimum Gasteiger partial charge on any atom is -0.478 e. The molecule has 0 heterocycles. The van der Waals surface area contributed by atoms with E-state index in [0.29, 0.717) is 16.7 Å². The summed E-state index contributed by atoms with van der Waals surface area (Å²) in [6, 6.07) is 9.00. The van der Waals surface area contributed by atoms with Crippen LogP contribution in [0.3, 0.4) is 0 Å². The van der Waals surface area contributed by atoms with Gasteiger partial charge in [-0.3, -0.25) is 0 Å². The Balaban J connectivity index is 3.21. The first-order chi connectivity index (χ1) is 6.66. The van der Waals surface area contributed by atoms with E-state index in [9.17, 15) is 4.79 Å². The van der Waals surface area contributed by atoms with Crippen LogP contribution >= 0.6 is 0 Å². The highest BCUT2D eigenvalue weighted by atomic mass is 16.4. The summed E-state index contributed by atoms with van der Waals surface area (Å²) in [7, 11) is 0. The zero-order valence-corrected chi connectivity index (χ0v) is 8.03. The predicted octanol–water partition coefficient (Wildman–Crippen LogP) is 1.50. The summed E-state index contributed by atoms with van der Waals surface area (Å²) >= 11 is 0. The zero-order valence-electron chi connectivity index (χ0n) is 8.03. The summed E-state index contributed by atoms with van der Waals surface area (Å²) in [5, 5.41) is 9.01. The molecule has 0 bridgehead atoms. The van der Waals surface area contributed by atoms with Crippen LogP contribution in [0.4, 0.5) is 0 Å². The minimum absolute atomic E-state index is 0.260. The van der Waals surface area contributed by atoms with Crippen molar-refractivity contribution in [3.8, 4) is 0 Å². The summed E-state index contributed by atoms with van der Waals surface area (Å²) in [5.41, 5.74) is 7.11. The van der Waals surface area contributed by atoms with E-state index in [1.54, 1.807) is 19.1 Å². The lowest BCUT2D eigenvalue weighted by molar-refractivity contribution is -0.130. The van der Waals surface area contributed by atoms with Crippen LogP contribution in [0, 0.1) is 0 Å². The van der Waals surface area contributed by atoms with Crippen molar-refractivity contribution in [2.45, 2.75) is 6.92 Å². The second-order valence-electron chi connectivity index (χ2n) is 3.03. The van der Waals surface area contributed by atoms with E-state index in [2.05, 4.69) is 0 Å². The fourth-order valence-corrected chi connectivity index (χ4v) is 1.26. The molecule has 14 heavy (non-hydrogen) atoms. The van der Waals surface area contributed by atoms with Gasteiger partial charge in [0.05, 0.1) is 5.57 Å². The number of carboxylic acid groups (broad SMARTS) is 1. The SMILES string of the molecule is C/C(CN)=C(\C(=O)O)c1ccccc1. The maximum Gasteiger partial charge on any atom is 0.336 e. The van der Waals surface area contributed by atoms with E-state index in [1.807, 2.05) is 18.2 Å². The molecule has 0 amide bonds. The minimum atomic E-state index is -0.931. The van der Waals surface area contributed by atoms with Gasteiger partial charge in [-0.1, -0.05) is 30.3 Å². The second-order valence-corrected chi connectivity index (χ2v) is 3.03. The summed E-state index contributed by atoms with van der Waals surface area (Å²) in [6.07, 6.45) is 0. The maximum atomic E-state index is 11.0. The molecule has 0 unspecified atom stereocenters. The third kappa shape index (κ3) is 2.20. The van der Waals surface area contributed by atoms with Crippen molar-refractivity contribution in [1.82, 2.24) is 0 Å². The molecule has 0 atom stereocenters. The number of benzene rings is 1. The smallest absolute Gasteiger partial charge is 0.336 e. The molecule has 0 fully saturated rings. The highest BCUT2D eigenvalue weighted by Gasteiger charge is 2.12. The van der Waals surface area contributed by atoms with Crippen LogP contribution < -0.4 is 5.73 Å². The van der Waals surface area contributed by atoms with E-state index >= 15 is 0 Å². The predicted molar refractivity (Wildman–Crippen MR) is 55.7 cm³/mol. The molecule has 74 valence electrons. The van der Waals surface area contributed by atoms with Crippen LogP contribution in [0.5, 0.6) is 0 Å². The highest BCUT2D eigenvalue weighted by Crippen LogP contribution is 2.17. The molecule has 0 aromatic heterocycles. The van der Waals surface area contributed by atoms with E-state index < -0.39 is 5.97 Å². The highest BCUT2D eigenvalue weighted by molar-refractivity contribution is 6.16. The Hall–Kier alpha value is -1.61. The van der Waals surface area contributed by atoms with Crippen molar-refractivity contribution in [3.05, 3.63) is 41.5 Å². The van der Waals surface area contributed by atoms with Crippen LogP contribution in [-0.2, 0) is 4.79 Å². The fourth-order valence-electron chi connectivity index (χ4n) is 1.26. The van der Waals surface area contributed by atoms with Gasteiger partial charge in [0.1, 0.15) is 0 Å². The first kappa shape index (κ1) is 10.5. The average molecular weight is 191 g/mol. The Kier molecular flexibility index (Phi) is 3.42.